The lowest BCUT2D eigenvalue weighted by molar-refractivity contribution is 0.0683. The smallest absolute Gasteiger partial charge is 0.354 e. The second kappa shape index (κ2) is 4.23. The first kappa shape index (κ1) is 10.7. The molecule has 1 aromatic rings. The Bertz CT molecular complexity index is 331. The molecule has 0 amide bonds. The Morgan fingerprint density at radius 3 is 2.86 bits per heavy atom. The van der Waals surface area contributed by atoms with E-state index in [1.165, 1.54) is 4.68 Å². The lowest BCUT2D eigenvalue weighted by atomic mass is 10.2. The second-order valence-electron chi connectivity index (χ2n) is 3.48. The molecule has 78 valence electrons. The molecule has 0 unspecified atom stereocenters. The maximum Gasteiger partial charge on any atom is 0.354 e. The summed E-state index contributed by atoms with van der Waals surface area (Å²) in [6, 6.07) is 0.330. The van der Waals surface area contributed by atoms with E-state index in [1.807, 2.05) is 13.8 Å². The molecule has 5 heteroatoms. The molecule has 0 aliphatic carbocycles. The number of hydrogen-bond acceptors (Lipinski definition) is 3. The topological polar surface area (TPSA) is 67.2 Å². The van der Waals surface area contributed by atoms with E-state index >= 15 is 0 Å². The first-order valence-electron chi connectivity index (χ1n) is 4.50. The fourth-order valence-electron chi connectivity index (χ4n) is 1.20. The van der Waals surface area contributed by atoms with Gasteiger partial charge in [-0.25, -0.2) is 4.79 Å². The molecule has 14 heavy (non-hydrogen) atoms. The van der Waals surface area contributed by atoms with Gasteiger partial charge < -0.3 is 10.4 Å². The number of aryl methyl sites for hydroxylation is 1. The molecule has 1 aromatic heterocycles. The van der Waals surface area contributed by atoms with E-state index in [-0.39, 0.29) is 5.69 Å². The van der Waals surface area contributed by atoms with Crippen LogP contribution in [0, 0.1) is 0 Å². The molecule has 5 nitrogen and oxygen atoms in total. The van der Waals surface area contributed by atoms with Gasteiger partial charge in [0.2, 0.25) is 0 Å². The number of aromatic nitrogens is 2. The van der Waals surface area contributed by atoms with Crippen molar-refractivity contribution in [3.05, 3.63) is 17.5 Å². The van der Waals surface area contributed by atoms with E-state index in [9.17, 15) is 4.79 Å². The van der Waals surface area contributed by atoms with E-state index in [0.29, 0.717) is 18.2 Å². The van der Waals surface area contributed by atoms with Gasteiger partial charge >= 0.3 is 5.97 Å². The Morgan fingerprint density at radius 2 is 2.36 bits per heavy atom. The maximum absolute atomic E-state index is 10.9. The number of aromatic carboxylic acids is 1. The standard InChI is InChI=1S/C9H15N3O2/c1-6(2)10-4-7-5-11-12(3)8(7)9(13)14/h5-6,10H,4H2,1-3H3,(H,13,14). The number of carboxylic acid groups (broad SMARTS) is 1. The molecule has 1 heterocycles. The third-order valence-corrected chi connectivity index (χ3v) is 1.92. The fourth-order valence-corrected chi connectivity index (χ4v) is 1.20. The summed E-state index contributed by atoms with van der Waals surface area (Å²) in [6.07, 6.45) is 1.58. The van der Waals surface area contributed by atoms with E-state index in [4.69, 9.17) is 5.11 Å². The van der Waals surface area contributed by atoms with E-state index < -0.39 is 5.97 Å². The molecule has 0 spiro atoms. The second-order valence-corrected chi connectivity index (χ2v) is 3.48. The van der Waals surface area contributed by atoms with Gasteiger partial charge in [-0.05, 0) is 0 Å². The van der Waals surface area contributed by atoms with Crippen LogP contribution in [0.4, 0.5) is 0 Å². The summed E-state index contributed by atoms with van der Waals surface area (Å²) in [5.41, 5.74) is 0.965. The summed E-state index contributed by atoms with van der Waals surface area (Å²) in [4.78, 5) is 10.9. The van der Waals surface area contributed by atoms with E-state index in [2.05, 4.69) is 10.4 Å². The third kappa shape index (κ3) is 2.32. The van der Waals surface area contributed by atoms with Crippen molar-refractivity contribution < 1.29 is 9.90 Å². The zero-order chi connectivity index (χ0) is 10.7. The first-order valence-corrected chi connectivity index (χ1v) is 4.50. The van der Waals surface area contributed by atoms with Gasteiger partial charge in [0, 0.05) is 25.2 Å². The van der Waals surface area contributed by atoms with Crippen LogP contribution in [0.15, 0.2) is 6.20 Å². The summed E-state index contributed by atoms with van der Waals surface area (Å²) >= 11 is 0. The van der Waals surface area contributed by atoms with Crippen LogP contribution in [0.5, 0.6) is 0 Å². The van der Waals surface area contributed by atoms with Gasteiger partial charge in [0.1, 0.15) is 5.69 Å². The Kier molecular flexibility index (Phi) is 3.24. The van der Waals surface area contributed by atoms with Crippen LogP contribution < -0.4 is 5.32 Å². The number of nitrogens with zero attached hydrogens (tertiary/aromatic N) is 2. The quantitative estimate of drug-likeness (QED) is 0.742. The van der Waals surface area contributed by atoms with Gasteiger partial charge in [-0.15, -0.1) is 0 Å². The van der Waals surface area contributed by atoms with Crippen LogP contribution in [0.1, 0.15) is 29.9 Å². The van der Waals surface area contributed by atoms with Crippen LogP contribution in [0.2, 0.25) is 0 Å². The van der Waals surface area contributed by atoms with Crippen molar-refractivity contribution in [3.8, 4) is 0 Å². The Labute approximate surface area is 82.7 Å². The van der Waals surface area contributed by atoms with Crippen molar-refractivity contribution in [1.29, 1.82) is 0 Å². The van der Waals surface area contributed by atoms with Crippen LogP contribution >= 0.6 is 0 Å². The highest BCUT2D eigenvalue weighted by Gasteiger charge is 2.15. The van der Waals surface area contributed by atoms with Crippen LogP contribution in [0.25, 0.3) is 0 Å². The van der Waals surface area contributed by atoms with Crippen LogP contribution in [-0.2, 0) is 13.6 Å². The molecule has 1 rings (SSSR count). The summed E-state index contributed by atoms with van der Waals surface area (Å²) in [6.45, 7) is 4.56. The van der Waals surface area contributed by atoms with Gasteiger partial charge in [-0.1, -0.05) is 13.8 Å². The zero-order valence-electron chi connectivity index (χ0n) is 8.61. The molecule has 0 atom stereocenters. The summed E-state index contributed by atoms with van der Waals surface area (Å²) in [5.74, 6) is -0.939. The van der Waals surface area contributed by atoms with Gasteiger partial charge in [0.25, 0.3) is 0 Å². The highest BCUT2D eigenvalue weighted by atomic mass is 16.4. The molecule has 0 saturated heterocycles. The minimum absolute atomic E-state index is 0.248. The summed E-state index contributed by atoms with van der Waals surface area (Å²) in [5, 5.41) is 16.0. The molecular weight excluding hydrogens is 182 g/mol. The van der Waals surface area contributed by atoms with Gasteiger partial charge in [-0.3, -0.25) is 4.68 Å². The highest BCUT2D eigenvalue weighted by Crippen LogP contribution is 2.07. The summed E-state index contributed by atoms with van der Waals surface area (Å²) in [7, 11) is 1.63. The largest absolute Gasteiger partial charge is 0.477 e. The Hall–Kier alpha value is -1.36. The fraction of sp³-hybridized carbons (Fsp3) is 0.556. The number of hydrogen-bond donors (Lipinski definition) is 2. The lowest BCUT2D eigenvalue weighted by Crippen LogP contribution is -2.23. The maximum atomic E-state index is 10.9. The number of carbonyl (C=O) groups is 1. The van der Waals surface area contributed by atoms with Crippen molar-refractivity contribution in [2.75, 3.05) is 0 Å². The number of carboxylic acids is 1. The highest BCUT2D eigenvalue weighted by molar-refractivity contribution is 5.87. The number of rotatable bonds is 4. The minimum Gasteiger partial charge on any atom is -0.477 e. The molecule has 0 aromatic carbocycles. The van der Waals surface area contributed by atoms with Crippen molar-refractivity contribution in [1.82, 2.24) is 15.1 Å². The predicted molar refractivity (Wildman–Crippen MR) is 52.1 cm³/mol. The minimum atomic E-state index is -0.939. The van der Waals surface area contributed by atoms with Gasteiger partial charge in [-0.2, -0.15) is 5.10 Å². The average molecular weight is 197 g/mol. The molecule has 0 radical (unpaired) electrons. The Balaban J connectivity index is 2.81. The number of nitrogens with one attached hydrogen (secondary N) is 1. The van der Waals surface area contributed by atoms with Crippen LogP contribution in [-0.4, -0.2) is 26.9 Å². The molecule has 0 fully saturated rings. The Morgan fingerprint density at radius 1 is 1.71 bits per heavy atom. The van der Waals surface area contributed by atoms with Crippen molar-refractivity contribution in [2.24, 2.45) is 7.05 Å². The zero-order valence-corrected chi connectivity index (χ0v) is 8.61. The molecule has 0 aliphatic heterocycles. The van der Waals surface area contributed by atoms with Crippen molar-refractivity contribution in [2.45, 2.75) is 26.4 Å². The summed E-state index contributed by atoms with van der Waals surface area (Å²) < 4.78 is 1.37. The molecule has 0 bridgehead atoms. The monoisotopic (exact) mass is 197 g/mol. The molecular formula is C9H15N3O2. The van der Waals surface area contributed by atoms with Gasteiger partial charge in [0.15, 0.2) is 0 Å². The van der Waals surface area contributed by atoms with E-state index in [1.54, 1.807) is 13.2 Å². The van der Waals surface area contributed by atoms with Crippen LogP contribution in [0.3, 0.4) is 0 Å². The average Bonchev–Trinajstić information content (AvgIpc) is 2.43. The lowest BCUT2D eigenvalue weighted by Gasteiger charge is -2.07. The van der Waals surface area contributed by atoms with Gasteiger partial charge in [0.05, 0.1) is 6.20 Å². The van der Waals surface area contributed by atoms with E-state index in [0.717, 1.165) is 0 Å². The van der Waals surface area contributed by atoms with Crippen molar-refractivity contribution in [3.63, 3.8) is 0 Å². The molecule has 0 saturated carbocycles. The predicted octanol–water partition coefficient (Wildman–Crippen LogP) is 0.616. The van der Waals surface area contributed by atoms with Crippen molar-refractivity contribution >= 4 is 5.97 Å². The third-order valence-electron chi connectivity index (χ3n) is 1.92. The first-order chi connectivity index (χ1) is 6.52. The SMILES string of the molecule is CC(C)NCc1cnn(C)c1C(=O)O. The normalized spacial score (nSPS) is 10.9. The molecule has 0 aliphatic rings. The molecule has 2 N–H and O–H groups in total.